The fourth-order valence-corrected chi connectivity index (χ4v) is 4.39. The fourth-order valence-electron chi connectivity index (χ4n) is 3.59. The van der Waals surface area contributed by atoms with Gasteiger partial charge in [0.1, 0.15) is 0 Å². The molecule has 0 aliphatic carbocycles. The molecule has 1 fully saturated rings. The Morgan fingerprint density at radius 2 is 1.74 bits per heavy atom. The van der Waals surface area contributed by atoms with Crippen LogP contribution in [0.3, 0.4) is 0 Å². The number of nitrogens with zero attached hydrogens (tertiary/aromatic N) is 2. The molecule has 0 spiro atoms. The van der Waals surface area contributed by atoms with Gasteiger partial charge in [-0.25, -0.2) is 13.1 Å². The van der Waals surface area contributed by atoms with Crippen LogP contribution in [0.2, 0.25) is 0 Å². The maximum Gasteiger partial charge on any atom is 0.240 e. The Kier molecular flexibility index (Phi) is 10.2. The molecule has 0 radical (unpaired) electrons. The molecule has 7 nitrogen and oxygen atoms in total. The molecular weight excluding hydrogens is 525 g/mol. The third-order valence-corrected chi connectivity index (χ3v) is 6.75. The Hall–Kier alpha value is -1.69. The standard InChI is InChI=1S/C22H31N5O2S.HI/c1-23-22(25-16-19-9-6-10-21(15-19)30(28,29)24-2)26-20-11-13-27(14-12-20)17-18-7-4-3-5-8-18;/h3-10,15,20,24H,11-14,16-17H2,1-2H3,(H2,23,25,26);1H. The predicted octanol–water partition coefficient (Wildman–Crippen LogP) is 2.54. The SMILES string of the molecule is CN=C(NCc1cccc(S(=O)(=O)NC)c1)NC1CCN(Cc2ccccc2)CC1.I. The second kappa shape index (κ2) is 12.4. The topological polar surface area (TPSA) is 85.8 Å². The van der Waals surface area contributed by atoms with E-state index in [1.807, 2.05) is 12.1 Å². The predicted molar refractivity (Wildman–Crippen MR) is 136 cm³/mol. The lowest BCUT2D eigenvalue weighted by atomic mass is 10.0. The van der Waals surface area contributed by atoms with Crippen LogP contribution in [-0.2, 0) is 23.1 Å². The minimum absolute atomic E-state index is 0. The highest BCUT2D eigenvalue weighted by atomic mass is 127. The van der Waals surface area contributed by atoms with Crippen molar-refractivity contribution in [1.29, 1.82) is 0 Å². The first-order valence-electron chi connectivity index (χ1n) is 10.3. The van der Waals surface area contributed by atoms with Gasteiger partial charge < -0.3 is 10.6 Å². The summed E-state index contributed by atoms with van der Waals surface area (Å²) < 4.78 is 26.3. The number of halogens is 1. The van der Waals surface area contributed by atoms with Gasteiger partial charge in [-0.15, -0.1) is 24.0 Å². The summed E-state index contributed by atoms with van der Waals surface area (Å²) in [6.07, 6.45) is 2.12. The molecule has 0 unspecified atom stereocenters. The third kappa shape index (κ3) is 7.74. The van der Waals surface area contributed by atoms with E-state index in [9.17, 15) is 8.42 Å². The summed E-state index contributed by atoms with van der Waals surface area (Å²) >= 11 is 0. The van der Waals surface area contributed by atoms with Gasteiger partial charge in [0.25, 0.3) is 0 Å². The maximum absolute atomic E-state index is 12.0. The number of piperidine rings is 1. The molecule has 0 saturated carbocycles. The van der Waals surface area contributed by atoms with Crippen molar-refractivity contribution in [2.45, 2.75) is 36.9 Å². The van der Waals surface area contributed by atoms with Crippen LogP contribution < -0.4 is 15.4 Å². The van der Waals surface area contributed by atoms with E-state index in [0.717, 1.165) is 44.0 Å². The average molecular weight is 558 g/mol. The van der Waals surface area contributed by atoms with Crippen LogP contribution in [0.1, 0.15) is 24.0 Å². The van der Waals surface area contributed by atoms with Crippen molar-refractivity contribution in [2.24, 2.45) is 4.99 Å². The molecule has 3 rings (SSSR count). The highest BCUT2D eigenvalue weighted by Crippen LogP contribution is 2.14. The maximum atomic E-state index is 12.0. The molecule has 1 aliphatic rings. The van der Waals surface area contributed by atoms with Gasteiger partial charge in [-0.1, -0.05) is 42.5 Å². The number of aliphatic imine (C=N–C) groups is 1. The minimum atomic E-state index is -3.44. The van der Waals surface area contributed by atoms with Crippen LogP contribution in [0.5, 0.6) is 0 Å². The molecule has 0 bridgehead atoms. The summed E-state index contributed by atoms with van der Waals surface area (Å²) in [5.41, 5.74) is 2.23. The first-order valence-corrected chi connectivity index (χ1v) is 11.7. The molecule has 9 heteroatoms. The molecule has 2 aromatic carbocycles. The van der Waals surface area contributed by atoms with Crippen molar-refractivity contribution in [1.82, 2.24) is 20.3 Å². The number of hydrogen-bond acceptors (Lipinski definition) is 4. The van der Waals surface area contributed by atoms with Gasteiger partial charge in [0, 0.05) is 39.3 Å². The quantitative estimate of drug-likeness (QED) is 0.277. The fraction of sp³-hybridized carbons (Fsp3) is 0.409. The van der Waals surface area contributed by atoms with E-state index in [1.165, 1.54) is 12.6 Å². The molecular formula is C22H32IN5O2S. The van der Waals surface area contributed by atoms with Crippen LogP contribution in [-0.4, -0.2) is 52.5 Å². The average Bonchev–Trinajstić information content (AvgIpc) is 2.78. The zero-order chi connectivity index (χ0) is 21.4. The van der Waals surface area contributed by atoms with E-state index in [0.29, 0.717) is 12.6 Å². The monoisotopic (exact) mass is 557 g/mol. The molecule has 31 heavy (non-hydrogen) atoms. The molecule has 1 aliphatic heterocycles. The molecule has 0 aromatic heterocycles. The van der Waals surface area contributed by atoms with Crippen molar-refractivity contribution < 1.29 is 8.42 Å². The number of nitrogens with one attached hydrogen (secondary N) is 3. The Labute approximate surface area is 202 Å². The number of sulfonamides is 1. The summed E-state index contributed by atoms with van der Waals surface area (Å²) in [5.74, 6) is 0.735. The molecule has 0 amide bonds. The van der Waals surface area contributed by atoms with Gasteiger partial charge in [-0.05, 0) is 43.1 Å². The summed E-state index contributed by atoms with van der Waals surface area (Å²) in [6.45, 7) is 3.59. The smallest absolute Gasteiger partial charge is 0.240 e. The molecule has 0 atom stereocenters. The van der Waals surface area contributed by atoms with Crippen molar-refractivity contribution >= 4 is 40.0 Å². The van der Waals surface area contributed by atoms with Gasteiger partial charge in [-0.2, -0.15) is 0 Å². The molecule has 1 saturated heterocycles. The van der Waals surface area contributed by atoms with Crippen LogP contribution >= 0.6 is 24.0 Å². The zero-order valence-electron chi connectivity index (χ0n) is 18.0. The normalized spacial score (nSPS) is 15.9. The van der Waals surface area contributed by atoms with E-state index in [2.05, 4.69) is 49.5 Å². The minimum Gasteiger partial charge on any atom is -0.354 e. The van der Waals surface area contributed by atoms with Crippen LogP contribution in [0.25, 0.3) is 0 Å². The van der Waals surface area contributed by atoms with Crippen molar-refractivity contribution in [3.05, 3.63) is 65.7 Å². The van der Waals surface area contributed by atoms with Crippen molar-refractivity contribution in [3.63, 3.8) is 0 Å². The lowest BCUT2D eigenvalue weighted by Gasteiger charge is -2.33. The summed E-state index contributed by atoms with van der Waals surface area (Å²) in [4.78, 5) is 7.07. The highest BCUT2D eigenvalue weighted by Gasteiger charge is 2.20. The first kappa shape index (κ1) is 25.6. The zero-order valence-corrected chi connectivity index (χ0v) is 21.2. The van der Waals surface area contributed by atoms with Crippen LogP contribution in [0, 0.1) is 0 Å². The number of benzene rings is 2. The van der Waals surface area contributed by atoms with E-state index < -0.39 is 10.0 Å². The van der Waals surface area contributed by atoms with Gasteiger partial charge in [0.05, 0.1) is 4.90 Å². The van der Waals surface area contributed by atoms with E-state index in [-0.39, 0.29) is 28.9 Å². The summed E-state index contributed by atoms with van der Waals surface area (Å²) in [5, 5.41) is 6.79. The van der Waals surface area contributed by atoms with Crippen LogP contribution in [0.15, 0.2) is 64.5 Å². The highest BCUT2D eigenvalue weighted by molar-refractivity contribution is 14.0. The second-order valence-corrected chi connectivity index (χ2v) is 9.35. The molecule has 2 aromatic rings. The lowest BCUT2D eigenvalue weighted by molar-refractivity contribution is 0.198. The number of guanidine groups is 1. The second-order valence-electron chi connectivity index (χ2n) is 7.46. The lowest BCUT2D eigenvalue weighted by Crippen LogP contribution is -2.48. The number of likely N-dealkylation sites (tertiary alicyclic amines) is 1. The van der Waals surface area contributed by atoms with Gasteiger partial charge >= 0.3 is 0 Å². The molecule has 3 N–H and O–H groups in total. The van der Waals surface area contributed by atoms with Crippen LogP contribution in [0.4, 0.5) is 0 Å². The molecule has 170 valence electrons. The Morgan fingerprint density at radius 3 is 2.39 bits per heavy atom. The van der Waals surface area contributed by atoms with Crippen molar-refractivity contribution in [3.8, 4) is 0 Å². The van der Waals surface area contributed by atoms with E-state index in [1.54, 1.807) is 25.2 Å². The number of hydrogen-bond donors (Lipinski definition) is 3. The summed E-state index contributed by atoms with van der Waals surface area (Å²) in [7, 11) is -0.278. The van der Waals surface area contributed by atoms with Gasteiger partial charge in [0.2, 0.25) is 10.0 Å². The number of rotatable bonds is 7. The third-order valence-electron chi connectivity index (χ3n) is 5.34. The first-order chi connectivity index (χ1) is 14.5. The van der Waals surface area contributed by atoms with Gasteiger partial charge in [0.15, 0.2) is 5.96 Å². The molecule has 1 heterocycles. The summed E-state index contributed by atoms with van der Waals surface area (Å²) in [6, 6.07) is 17.9. The van der Waals surface area contributed by atoms with E-state index in [4.69, 9.17) is 0 Å². The van der Waals surface area contributed by atoms with E-state index >= 15 is 0 Å². The Morgan fingerprint density at radius 1 is 1.06 bits per heavy atom. The van der Waals surface area contributed by atoms with Gasteiger partial charge in [-0.3, -0.25) is 9.89 Å². The van der Waals surface area contributed by atoms with Crippen molar-refractivity contribution in [2.75, 3.05) is 27.2 Å². The Bertz CT molecular complexity index is 945. The largest absolute Gasteiger partial charge is 0.354 e. The Balaban J connectivity index is 0.00000341.